The van der Waals surface area contributed by atoms with Crippen LogP contribution in [0.15, 0.2) is 70.4 Å². The molecule has 0 aliphatic heterocycles. The van der Waals surface area contributed by atoms with Gasteiger partial charge in [0, 0.05) is 36.5 Å². The fourth-order valence-electron chi connectivity index (χ4n) is 2.79. The van der Waals surface area contributed by atoms with E-state index in [0.717, 1.165) is 20.8 Å². The van der Waals surface area contributed by atoms with Crippen molar-refractivity contribution in [1.29, 1.82) is 0 Å². The smallest absolute Gasteiger partial charge is 0.326 e. The lowest BCUT2D eigenvalue weighted by Crippen LogP contribution is -2.29. The fourth-order valence-corrected chi connectivity index (χ4v) is 3.75. The molecule has 1 amide bonds. The van der Waals surface area contributed by atoms with Gasteiger partial charge in [0.25, 0.3) is 5.56 Å². The molecule has 0 unspecified atom stereocenters. The standard InChI is InChI=1S/C20H16N4O3S/c25-17(8-10-24-11-9-18(26)23-20(24)27)21-14-5-3-4-13(12-14)19-22-15-6-1-2-7-16(15)28-19/h1-7,9,11-12H,8,10H2,(H,21,25)(H,23,26,27). The third kappa shape index (κ3) is 3.91. The Morgan fingerprint density at radius 3 is 2.79 bits per heavy atom. The zero-order valence-electron chi connectivity index (χ0n) is 14.7. The molecular weight excluding hydrogens is 376 g/mol. The van der Waals surface area contributed by atoms with Gasteiger partial charge >= 0.3 is 5.69 Å². The van der Waals surface area contributed by atoms with Crippen LogP contribution in [0.1, 0.15) is 6.42 Å². The summed E-state index contributed by atoms with van der Waals surface area (Å²) in [5.74, 6) is -0.223. The first-order valence-electron chi connectivity index (χ1n) is 8.64. The maximum atomic E-state index is 12.2. The number of aryl methyl sites for hydroxylation is 1. The third-order valence-electron chi connectivity index (χ3n) is 4.16. The van der Waals surface area contributed by atoms with Crippen LogP contribution in [0.5, 0.6) is 0 Å². The summed E-state index contributed by atoms with van der Waals surface area (Å²) >= 11 is 1.60. The number of anilines is 1. The van der Waals surface area contributed by atoms with E-state index >= 15 is 0 Å². The van der Waals surface area contributed by atoms with Crippen LogP contribution in [-0.2, 0) is 11.3 Å². The molecule has 140 valence electrons. The SMILES string of the molecule is O=C(CCn1ccc(=O)[nH]c1=O)Nc1cccc(-c2nc3ccccc3s2)c1. The van der Waals surface area contributed by atoms with Crippen molar-refractivity contribution in [1.82, 2.24) is 14.5 Å². The Bertz CT molecular complexity index is 1240. The van der Waals surface area contributed by atoms with Crippen molar-refractivity contribution in [3.63, 3.8) is 0 Å². The van der Waals surface area contributed by atoms with Crippen molar-refractivity contribution in [3.8, 4) is 10.6 Å². The van der Waals surface area contributed by atoms with Gasteiger partial charge in [-0.1, -0.05) is 24.3 Å². The number of aromatic nitrogens is 3. The molecule has 0 saturated heterocycles. The van der Waals surface area contributed by atoms with E-state index in [9.17, 15) is 14.4 Å². The highest BCUT2D eigenvalue weighted by molar-refractivity contribution is 7.21. The van der Waals surface area contributed by atoms with Crippen LogP contribution < -0.4 is 16.6 Å². The van der Waals surface area contributed by atoms with E-state index in [1.165, 1.54) is 16.8 Å². The van der Waals surface area contributed by atoms with E-state index in [1.807, 2.05) is 42.5 Å². The maximum Gasteiger partial charge on any atom is 0.328 e. The third-order valence-corrected chi connectivity index (χ3v) is 5.25. The second-order valence-corrected chi connectivity index (χ2v) is 7.20. The quantitative estimate of drug-likeness (QED) is 0.546. The van der Waals surface area contributed by atoms with Gasteiger partial charge in [-0.15, -0.1) is 11.3 Å². The first-order valence-corrected chi connectivity index (χ1v) is 9.46. The number of thiazole rings is 1. The lowest BCUT2D eigenvalue weighted by atomic mass is 10.2. The molecule has 0 atom stereocenters. The average Bonchev–Trinajstić information content (AvgIpc) is 3.12. The number of carbonyl (C=O) groups excluding carboxylic acids is 1. The molecule has 0 fully saturated rings. The van der Waals surface area contributed by atoms with Crippen molar-refractivity contribution in [2.45, 2.75) is 13.0 Å². The zero-order chi connectivity index (χ0) is 19.5. The number of fused-ring (bicyclic) bond motifs is 1. The van der Waals surface area contributed by atoms with Crippen molar-refractivity contribution >= 4 is 33.1 Å². The molecule has 2 heterocycles. The first-order chi connectivity index (χ1) is 13.6. The topological polar surface area (TPSA) is 96.9 Å². The summed E-state index contributed by atoms with van der Waals surface area (Å²) in [5.41, 5.74) is 1.55. The predicted molar refractivity (Wildman–Crippen MR) is 110 cm³/mol. The van der Waals surface area contributed by atoms with Crippen LogP contribution >= 0.6 is 11.3 Å². The summed E-state index contributed by atoms with van der Waals surface area (Å²) in [7, 11) is 0. The summed E-state index contributed by atoms with van der Waals surface area (Å²) < 4.78 is 2.40. The number of para-hydroxylation sites is 1. The number of amides is 1. The molecule has 0 radical (unpaired) electrons. The number of H-pyrrole nitrogens is 1. The number of hydrogen-bond donors (Lipinski definition) is 2. The van der Waals surface area contributed by atoms with Crippen molar-refractivity contribution in [2.75, 3.05) is 5.32 Å². The van der Waals surface area contributed by atoms with E-state index in [4.69, 9.17) is 0 Å². The molecule has 2 N–H and O–H groups in total. The van der Waals surface area contributed by atoms with E-state index < -0.39 is 11.2 Å². The van der Waals surface area contributed by atoms with Crippen molar-refractivity contribution in [3.05, 3.63) is 81.6 Å². The highest BCUT2D eigenvalue weighted by Crippen LogP contribution is 2.31. The molecule has 8 heteroatoms. The van der Waals surface area contributed by atoms with Gasteiger partial charge in [-0.05, 0) is 24.3 Å². The Morgan fingerprint density at radius 2 is 1.96 bits per heavy atom. The summed E-state index contributed by atoms with van der Waals surface area (Å²) in [6.45, 7) is 0.180. The van der Waals surface area contributed by atoms with Crippen LogP contribution in [0.3, 0.4) is 0 Å². The van der Waals surface area contributed by atoms with Crippen LogP contribution in [0.4, 0.5) is 5.69 Å². The minimum Gasteiger partial charge on any atom is -0.326 e. The van der Waals surface area contributed by atoms with Crippen LogP contribution in [0.25, 0.3) is 20.8 Å². The van der Waals surface area contributed by atoms with Gasteiger partial charge < -0.3 is 9.88 Å². The Hall–Kier alpha value is -3.52. The molecule has 0 aliphatic rings. The first kappa shape index (κ1) is 17.9. The van der Waals surface area contributed by atoms with Gasteiger partial charge in [0.15, 0.2) is 0 Å². The molecule has 0 saturated carbocycles. The van der Waals surface area contributed by atoms with E-state index in [-0.39, 0.29) is 18.9 Å². The molecule has 0 bridgehead atoms. The molecule has 28 heavy (non-hydrogen) atoms. The molecular formula is C20H16N4O3S. The summed E-state index contributed by atoms with van der Waals surface area (Å²) in [6.07, 6.45) is 1.49. The highest BCUT2D eigenvalue weighted by Gasteiger charge is 2.08. The second kappa shape index (κ2) is 7.61. The number of hydrogen-bond acceptors (Lipinski definition) is 5. The zero-order valence-corrected chi connectivity index (χ0v) is 15.5. The molecule has 2 aromatic carbocycles. The molecule has 2 aromatic heterocycles. The minimum atomic E-state index is -0.530. The monoisotopic (exact) mass is 392 g/mol. The van der Waals surface area contributed by atoms with Crippen LogP contribution in [0.2, 0.25) is 0 Å². The van der Waals surface area contributed by atoms with Gasteiger partial charge in [0.05, 0.1) is 10.2 Å². The van der Waals surface area contributed by atoms with E-state index in [0.29, 0.717) is 5.69 Å². The van der Waals surface area contributed by atoms with Crippen molar-refractivity contribution < 1.29 is 4.79 Å². The largest absolute Gasteiger partial charge is 0.328 e. The van der Waals surface area contributed by atoms with Gasteiger partial charge in [-0.2, -0.15) is 0 Å². The fraction of sp³-hybridized carbons (Fsp3) is 0.100. The van der Waals surface area contributed by atoms with Gasteiger partial charge in [-0.25, -0.2) is 9.78 Å². The molecule has 0 aliphatic carbocycles. The lowest BCUT2D eigenvalue weighted by Gasteiger charge is -2.07. The van der Waals surface area contributed by atoms with E-state index in [2.05, 4.69) is 15.3 Å². The molecule has 4 aromatic rings. The summed E-state index contributed by atoms with van der Waals surface area (Å²) in [6, 6.07) is 16.7. The summed E-state index contributed by atoms with van der Waals surface area (Å²) in [5, 5.41) is 3.72. The Labute approximate surface area is 163 Å². The number of rotatable bonds is 5. The summed E-state index contributed by atoms with van der Waals surface area (Å²) in [4.78, 5) is 41.8. The van der Waals surface area contributed by atoms with E-state index in [1.54, 1.807) is 17.4 Å². The highest BCUT2D eigenvalue weighted by atomic mass is 32.1. The minimum absolute atomic E-state index is 0.108. The van der Waals surface area contributed by atoms with Gasteiger partial charge in [-0.3, -0.25) is 14.6 Å². The van der Waals surface area contributed by atoms with Gasteiger partial charge in [0.2, 0.25) is 5.91 Å². The number of nitrogens with zero attached hydrogens (tertiary/aromatic N) is 2. The predicted octanol–water partition coefficient (Wildman–Crippen LogP) is 2.84. The maximum absolute atomic E-state index is 12.2. The Balaban J connectivity index is 1.46. The lowest BCUT2D eigenvalue weighted by molar-refractivity contribution is -0.116. The Kier molecular flexibility index (Phi) is 4.86. The molecule has 4 rings (SSSR count). The number of aromatic amines is 1. The number of carbonyl (C=O) groups is 1. The van der Waals surface area contributed by atoms with Crippen LogP contribution in [0, 0.1) is 0 Å². The van der Waals surface area contributed by atoms with Gasteiger partial charge in [0.1, 0.15) is 5.01 Å². The Morgan fingerprint density at radius 1 is 1.11 bits per heavy atom. The van der Waals surface area contributed by atoms with Crippen LogP contribution in [-0.4, -0.2) is 20.4 Å². The second-order valence-electron chi connectivity index (χ2n) is 6.17. The number of benzene rings is 2. The normalized spacial score (nSPS) is 10.9. The average molecular weight is 392 g/mol. The molecule has 7 nitrogen and oxygen atoms in total. The van der Waals surface area contributed by atoms with Crippen molar-refractivity contribution in [2.24, 2.45) is 0 Å². The number of nitrogens with one attached hydrogen (secondary N) is 2. The molecule has 0 spiro atoms.